The number of nitrogens with zero attached hydrogens (tertiary/aromatic N) is 1. The highest BCUT2D eigenvalue weighted by Gasteiger charge is 1.99. The van der Waals surface area contributed by atoms with Gasteiger partial charge in [-0.2, -0.15) is 0 Å². The van der Waals surface area contributed by atoms with Crippen molar-refractivity contribution in [2.75, 3.05) is 26.8 Å². The first kappa shape index (κ1) is 15.2. The van der Waals surface area contributed by atoms with Crippen LogP contribution in [0.3, 0.4) is 0 Å². The monoisotopic (exact) mass is 290 g/mol. The molecule has 5 nitrogen and oxygen atoms in total. The van der Waals surface area contributed by atoms with E-state index in [4.69, 9.17) is 22.2 Å². The number of aliphatic imine (C=N–C) groups is 1. The number of ether oxygens (including phenoxy) is 1. The topological polar surface area (TPSA) is 71.7 Å². The van der Waals surface area contributed by atoms with Crippen molar-refractivity contribution in [3.63, 3.8) is 0 Å². The summed E-state index contributed by atoms with van der Waals surface area (Å²) in [5.41, 5.74) is 2.55. The lowest BCUT2D eigenvalue weighted by atomic mass is 10.3. The van der Waals surface area contributed by atoms with Gasteiger partial charge in [-0.15, -0.1) is 11.3 Å². The van der Waals surface area contributed by atoms with Gasteiger partial charge in [-0.25, -0.2) is 5.84 Å². The van der Waals surface area contributed by atoms with Gasteiger partial charge in [-0.1, -0.05) is 11.6 Å². The van der Waals surface area contributed by atoms with E-state index in [0.29, 0.717) is 19.1 Å². The second kappa shape index (κ2) is 9.16. The van der Waals surface area contributed by atoms with E-state index in [0.717, 1.165) is 23.7 Å². The van der Waals surface area contributed by atoms with Crippen molar-refractivity contribution in [2.45, 2.75) is 12.8 Å². The minimum Gasteiger partial charge on any atom is -0.385 e. The molecule has 0 atom stereocenters. The minimum absolute atomic E-state index is 0.605. The molecule has 0 saturated carbocycles. The van der Waals surface area contributed by atoms with E-state index in [-0.39, 0.29) is 0 Å². The molecule has 0 aliphatic rings. The van der Waals surface area contributed by atoms with Crippen LogP contribution in [0.5, 0.6) is 0 Å². The molecule has 0 aliphatic carbocycles. The number of halogens is 1. The molecule has 0 spiro atoms. The Kier molecular flexibility index (Phi) is 7.75. The molecule has 0 radical (unpaired) electrons. The Hall–Kier alpha value is -0.820. The Labute approximate surface area is 116 Å². The summed E-state index contributed by atoms with van der Waals surface area (Å²) in [4.78, 5) is 5.52. The molecule has 0 amide bonds. The second-order valence-electron chi connectivity index (χ2n) is 3.60. The predicted octanol–water partition coefficient (Wildman–Crippen LogP) is 1.39. The summed E-state index contributed by atoms with van der Waals surface area (Å²) in [6, 6.07) is 3.93. The molecule has 102 valence electrons. The van der Waals surface area contributed by atoms with E-state index < -0.39 is 0 Å². The molecular weight excluding hydrogens is 272 g/mol. The van der Waals surface area contributed by atoms with Crippen LogP contribution in [0, 0.1) is 0 Å². The van der Waals surface area contributed by atoms with Crippen LogP contribution in [0.2, 0.25) is 4.34 Å². The molecule has 1 heterocycles. The highest BCUT2D eigenvalue weighted by molar-refractivity contribution is 7.16. The third kappa shape index (κ3) is 6.20. The number of hydrogen-bond acceptors (Lipinski definition) is 4. The van der Waals surface area contributed by atoms with E-state index in [1.165, 1.54) is 4.88 Å². The first-order chi connectivity index (χ1) is 8.76. The van der Waals surface area contributed by atoms with Gasteiger partial charge in [0, 0.05) is 31.7 Å². The van der Waals surface area contributed by atoms with Crippen molar-refractivity contribution in [1.82, 2.24) is 10.7 Å². The van der Waals surface area contributed by atoms with Gasteiger partial charge in [0.25, 0.3) is 0 Å². The smallest absolute Gasteiger partial charge is 0.205 e. The summed E-state index contributed by atoms with van der Waals surface area (Å²) in [5, 5.41) is 3.14. The fourth-order valence-corrected chi connectivity index (χ4v) is 2.43. The number of thiophene rings is 1. The third-order valence-corrected chi connectivity index (χ3v) is 3.50. The highest BCUT2D eigenvalue weighted by atomic mass is 35.5. The van der Waals surface area contributed by atoms with E-state index in [1.807, 2.05) is 12.1 Å². The predicted molar refractivity (Wildman–Crippen MR) is 77.2 cm³/mol. The largest absolute Gasteiger partial charge is 0.385 e. The Balaban J connectivity index is 2.22. The first-order valence-corrected chi connectivity index (χ1v) is 6.93. The Morgan fingerprint density at radius 3 is 3.00 bits per heavy atom. The Bertz CT molecular complexity index is 370. The third-order valence-electron chi connectivity index (χ3n) is 2.21. The normalized spacial score (nSPS) is 11.6. The van der Waals surface area contributed by atoms with Crippen LogP contribution >= 0.6 is 22.9 Å². The van der Waals surface area contributed by atoms with Crippen LogP contribution in [0.1, 0.15) is 11.3 Å². The second-order valence-corrected chi connectivity index (χ2v) is 5.40. The summed E-state index contributed by atoms with van der Waals surface area (Å²) >= 11 is 7.45. The van der Waals surface area contributed by atoms with E-state index in [2.05, 4.69) is 15.7 Å². The van der Waals surface area contributed by atoms with Gasteiger partial charge < -0.3 is 10.1 Å². The van der Waals surface area contributed by atoms with Crippen molar-refractivity contribution in [1.29, 1.82) is 0 Å². The number of nitrogens with two attached hydrogens (primary N) is 1. The lowest BCUT2D eigenvalue weighted by Crippen LogP contribution is -2.42. The van der Waals surface area contributed by atoms with Crippen molar-refractivity contribution in [2.24, 2.45) is 10.8 Å². The fraction of sp³-hybridized carbons (Fsp3) is 0.545. The van der Waals surface area contributed by atoms with Gasteiger partial charge in [0.1, 0.15) is 0 Å². The summed E-state index contributed by atoms with van der Waals surface area (Å²) in [7, 11) is 1.68. The molecular formula is C11H19ClN4OS. The maximum Gasteiger partial charge on any atom is 0.205 e. The molecule has 0 bridgehead atoms. The van der Waals surface area contributed by atoms with Gasteiger partial charge in [-0.05, 0) is 25.0 Å². The molecule has 1 aromatic heterocycles. The SMILES string of the molecule is COCCCN=C(NN)NCCc1ccc(Cl)s1. The molecule has 4 N–H and O–H groups in total. The quantitative estimate of drug-likeness (QED) is 0.233. The lowest BCUT2D eigenvalue weighted by Gasteiger charge is -2.08. The van der Waals surface area contributed by atoms with Gasteiger partial charge in [0.05, 0.1) is 4.34 Å². The summed E-state index contributed by atoms with van der Waals surface area (Å²) < 4.78 is 5.76. The lowest BCUT2D eigenvalue weighted by molar-refractivity contribution is 0.197. The maximum atomic E-state index is 5.86. The summed E-state index contributed by atoms with van der Waals surface area (Å²) in [6.45, 7) is 2.16. The number of hydrazine groups is 1. The van der Waals surface area contributed by atoms with Crippen molar-refractivity contribution in [3.05, 3.63) is 21.3 Å². The molecule has 0 aliphatic heterocycles. The zero-order valence-electron chi connectivity index (χ0n) is 10.4. The zero-order valence-corrected chi connectivity index (χ0v) is 12.0. The standard InChI is InChI=1S/C11H19ClN4OS/c1-17-8-2-6-14-11(16-13)15-7-5-9-3-4-10(12)18-9/h3-4H,2,5-8,13H2,1H3,(H2,14,15,16). The number of guanidine groups is 1. The van der Waals surface area contributed by atoms with Gasteiger partial charge in [0.2, 0.25) is 5.96 Å². The number of hydrogen-bond donors (Lipinski definition) is 3. The zero-order chi connectivity index (χ0) is 13.2. The number of methoxy groups -OCH3 is 1. The molecule has 7 heteroatoms. The number of rotatable bonds is 7. The van der Waals surface area contributed by atoms with Crippen molar-refractivity contribution < 1.29 is 4.74 Å². The van der Waals surface area contributed by atoms with Crippen LogP contribution in [-0.4, -0.2) is 32.8 Å². The van der Waals surface area contributed by atoms with Crippen molar-refractivity contribution in [3.8, 4) is 0 Å². The fourth-order valence-electron chi connectivity index (χ4n) is 1.34. The average Bonchev–Trinajstić information content (AvgIpc) is 2.78. The number of nitrogens with one attached hydrogen (secondary N) is 2. The highest BCUT2D eigenvalue weighted by Crippen LogP contribution is 2.21. The molecule has 1 rings (SSSR count). The Morgan fingerprint density at radius 2 is 2.39 bits per heavy atom. The van der Waals surface area contributed by atoms with Crippen molar-refractivity contribution >= 4 is 28.9 Å². The average molecular weight is 291 g/mol. The molecule has 0 fully saturated rings. The molecule has 0 aromatic carbocycles. The van der Waals surface area contributed by atoms with Crippen LogP contribution in [0.4, 0.5) is 0 Å². The van der Waals surface area contributed by atoms with Crippen LogP contribution in [0.15, 0.2) is 17.1 Å². The van der Waals surface area contributed by atoms with Gasteiger partial charge >= 0.3 is 0 Å². The molecule has 1 aromatic rings. The van der Waals surface area contributed by atoms with Crippen LogP contribution in [0.25, 0.3) is 0 Å². The van der Waals surface area contributed by atoms with Crippen LogP contribution in [-0.2, 0) is 11.2 Å². The molecule has 18 heavy (non-hydrogen) atoms. The van der Waals surface area contributed by atoms with Gasteiger partial charge in [0.15, 0.2) is 0 Å². The molecule has 0 unspecified atom stereocenters. The summed E-state index contributed by atoms with van der Waals surface area (Å²) in [5.74, 6) is 5.98. The van der Waals surface area contributed by atoms with Crippen LogP contribution < -0.4 is 16.6 Å². The molecule has 0 saturated heterocycles. The van der Waals surface area contributed by atoms with E-state index in [1.54, 1.807) is 18.4 Å². The summed E-state index contributed by atoms with van der Waals surface area (Å²) in [6.07, 6.45) is 1.78. The Morgan fingerprint density at radius 1 is 1.56 bits per heavy atom. The minimum atomic E-state index is 0.605. The maximum absolute atomic E-state index is 5.86. The van der Waals surface area contributed by atoms with E-state index in [9.17, 15) is 0 Å². The first-order valence-electron chi connectivity index (χ1n) is 5.74. The van der Waals surface area contributed by atoms with Gasteiger partial charge in [-0.3, -0.25) is 10.4 Å². The van der Waals surface area contributed by atoms with E-state index >= 15 is 0 Å².